The van der Waals surface area contributed by atoms with Crippen LogP contribution in [0.3, 0.4) is 0 Å². The number of hydrogen-bond acceptors (Lipinski definition) is 3. The molecule has 2 aliphatic rings. The van der Waals surface area contributed by atoms with Crippen molar-refractivity contribution in [3.8, 4) is 0 Å². The molecule has 0 bridgehead atoms. The standard InChI is InChI=1S/C15H23N3/c16-10-13-7-8-17-11-15(13)18-9-3-6-14(18)12-4-1-2-5-12/h7-8,11-12,14H,1-6,9-10,16H2. The molecule has 1 saturated heterocycles. The van der Waals surface area contributed by atoms with Crippen LogP contribution in [0.4, 0.5) is 5.69 Å². The molecule has 0 aromatic carbocycles. The molecule has 1 aromatic heterocycles. The van der Waals surface area contributed by atoms with E-state index in [1.807, 2.05) is 12.4 Å². The third-order valence-corrected chi connectivity index (χ3v) is 4.66. The Kier molecular flexibility index (Phi) is 3.50. The largest absolute Gasteiger partial charge is 0.367 e. The van der Waals surface area contributed by atoms with Gasteiger partial charge in [0.25, 0.3) is 0 Å². The average molecular weight is 245 g/mol. The molecule has 0 radical (unpaired) electrons. The van der Waals surface area contributed by atoms with Crippen molar-refractivity contribution in [2.45, 2.75) is 51.1 Å². The third kappa shape index (κ3) is 2.12. The number of nitrogens with two attached hydrogens (primary N) is 1. The molecule has 2 fully saturated rings. The van der Waals surface area contributed by atoms with Crippen LogP contribution in [0.5, 0.6) is 0 Å². The Bertz CT molecular complexity index is 398. The SMILES string of the molecule is NCc1ccncc1N1CCCC1C1CCCC1. The van der Waals surface area contributed by atoms with E-state index in [-0.39, 0.29) is 0 Å². The molecule has 0 spiro atoms. The molecule has 1 aliphatic carbocycles. The van der Waals surface area contributed by atoms with Crippen LogP contribution in [0.2, 0.25) is 0 Å². The monoisotopic (exact) mass is 245 g/mol. The second-order valence-corrected chi connectivity index (χ2v) is 5.66. The van der Waals surface area contributed by atoms with E-state index in [2.05, 4.69) is 16.0 Å². The highest BCUT2D eigenvalue weighted by Crippen LogP contribution is 2.38. The summed E-state index contributed by atoms with van der Waals surface area (Å²) in [5.74, 6) is 0.901. The quantitative estimate of drug-likeness (QED) is 0.890. The van der Waals surface area contributed by atoms with Gasteiger partial charge in [0.2, 0.25) is 0 Å². The minimum Gasteiger partial charge on any atom is -0.367 e. The lowest BCUT2D eigenvalue weighted by Crippen LogP contribution is -2.35. The fourth-order valence-corrected chi connectivity index (χ4v) is 3.77. The fraction of sp³-hybridized carbons (Fsp3) is 0.667. The maximum atomic E-state index is 5.86. The first-order valence-electron chi connectivity index (χ1n) is 7.29. The highest BCUT2D eigenvalue weighted by molar-refractivity contribution is 5.53. The molecule has 98 valence electrons. The molecule has 1 atom stereocenters. The molecule has 1 unspecified atom stereocenters. The van der Waals surface area contributed by atoms with Gasteiger partial charge in [0, 0.05) is 25.3 Å². The Morgan fingerprint density at radius 3 is 2.83 bits per heavy atom. The Balaban J connectivity index is 1.85. The van der Waals surface area contributed by atoms with E-state index in [9.17, 15) is 0 Å². The Hall–Kier alpha value is -1.09. The van der Waals surface area contributed by atoms with Gasteiger partial charge in [-0.1, -0.05) is 12.8 Å². The van der Waals surface area contributed by atoms with Crippen LogP contribution in [0, 0.1) is 5.92 Å². The van der Waals surface area contributed by atoms with Crippen LogP contribution in [0.1, 0.15) is 44.1 Å². The van der Waals surface area contributed by atoms with Gasteiger partial charge < -0.3 is 10.6 Å². The van der Waals surface area contributed by atoms with Crippen molar-refractivity contribution in [2.24, 2.45) is 11.7 Å². The number of aromatic nitrogens is 1. The average Bonchev–Trinajstić information content (AvgIpc) is 3.09. The second-order valence-electron chi connectivity index (χ2n) is 5.66. The molecule has 3 heteroatoms. The first kappa shape index (κ1) is 12.0. The molecule has 1 aromatic rings. The molecule has 2 heterocycles. The van der Waals surface area contributed by atoms with E-state index < -0.39 is 0 Å². The van der Waals surface area contributed by atoms with Crippen molar-refractivity contribution in [2.75, 3.05) is 11.4 Å². The Morgan fingerprint density at radius 1 is 1.22 bits per heavy atom. The zero-order valence-electron chi connectivity index (χ0n) is 11.0. The summed E-state index contributed by atoms with van der Waals surface area (Å²) in [6.07, 6.45) is 12.2. The first-order chi connectivity index (χ1) is 8.90. The van der Waals surface area contributed by atoms with Gasteiger partial charge in [0.1, 0.15) is 0 Å². The summed E-state index contributed by atoms with van der Waals surface area (Å²) >= 11 is 0. The molecule has 1 aliphatic heterocycles. The van der Waals surface area contributed by atoms with Gasteiger partial charge in [-0.05, 0) is 43.2 Å². The highest BCUT2D eigenvalue weighted by atomic mass is 15.2. The van der Waals surface area contributed by atoms with Crippen molar-refractivity contribution in [1.82, 2.24) is 4.98 Å². The minimum atomic E-state index is 0.617. The lowest BCUT2D eigenvalue weighted by Gasteiger charge is -2.32. The maximum Gasteiger partial charge on any atom is 0.0600 e. The predicted molar refractivity (Wildman–Crippen MR) is 74.5 cm³/mol. The maximum absolute atomic E-state index is 5.86. The van der Waals surface area contributed by atoms with E-state index in [1.165, 1.54) is 56.3 Å². The summed E-state index contributed by atoms with van der Waals surface area (Å²) in [4.78, 5) is 6.89. The predicted octanol–water partition coefficient (Wildman–Crippen LogP) is 2.70. The van der Waals surface area contributed by atoms with Crippen LogP contribution in [0.25, 0.3) is 0 Å². The summed E-state index contributed by atoms with van der Waals surface area (Å²) in [6, 6.07) is 2.81. The topological polar surface area (TPSA) is 42.1 Å². The van der Waals surface area contributed by atoms with Crippen molar-refractivity contribution in [3.05, 3.63) is 24.0 Å². The minimum absolute atomic E-state index is 0.617. The molecular weight excluding hydrogens is 222 g/mol. The van der Waals surface area contributed by atoms with Crippen LogP contribution in [-0.4, -0.2) is 17.6 Å². The zero-order chi connectivity index (χ0) is 12.4. The van der Waals surface area contributed by atoms with Crippen LogP contribution in [-0.2, 0) is 6.54 Å². The van der Waals surface area contributed by atoms with Crippen molar-refractivity contribution >= 4 is 5.69 Å². The molecule has 0 amide bonds. The van der Waals surface area contributed by atoms with Gasteiger partial charge in [-0.2, -0.15) is 0 Å². The highest BCUT2D eigenvalue weighted by Gasteiger charge is 2.34. The summed E-state index contributed by atoms with van der Waals surface area (Å²) < 4.78 is 0. The molecule has 1 saturated carbocycles. The zero-order valence-corrected chi connectivity index (χ0v) is 11.0. The number of nitrogens with zero attached hydrogens (tertiary/aromatic N) is 2. The van der Waals surface area contributed by atoms with E-state index in [0.29, 0.717) is 6.54 Å². The number of pyridine rings is 1. The Morgan fingerprint density at radius 2 is 2.06 bits per heavy atom. The molecule has 2 N–H and O–H groups in total. The number of rotatable bonds is 3. The van der Waals surface area contributed by atoms with Crippen molar-refractivity contribution < 1.29 is 0 Å². The van der Waals surface area contributed by atoms with Crippen LogP contribution >= 0.6 is 0 Å². The smallest absolute Gasteiger partial charge is 0.0600 e. The lowest BCUT2D eigenvalue weighted by atomic mass is 9.95. The summed E-state index contributed by atoms with van der Waals surface area (Å²) in [5.41, 5.74) is 8.39. The summed E-state index contributed by atoms with van der Waals surface area (Å²) in [7, 11) is 0. The third-order valence-electron chi connectivity index (χ3n) is 4.66. The van der Waals surface area contributed by atoms with E-state index in [1.54, 1.807) is 0 Å². The van der Waals surface area contributed by atoms with Crippen molar-refractivity contribution in [3.63, 3.8) is 0 Å². The normalized spacial score (nSPS) is 24.9. The van der Waals surface area contributed by atoms with Gasteiger partial charge in [-0.25, -0.2) is 0 Å². The summed E-state index contributed by atoms with van der Waals surface area (Å²) in [6.45, 7) is 1.80. The van der Waals surface area contributed by atoms with Gasteiger partial charge >= 0.3 is 0 Å². The van der Waals surface area contributed by atoms with Crippen LogP contribution < -0.4 is 10.6 Å². The fourth-order valence-electron chi connectivity index (χ4n) is 3.77. The van der Waals surface area contributed by atoms with Gasteiger partial charge in [0.15, 0.2) is 0 Å². The molecular formula is C15H23N3. The molecule has 18 heavy (non-hydrogen) atoms. The lowest BCUT2D eigenvalue weighted by molar-refractivity contribution is 0.430. The van der Waals surface area contributed by atoms with Crippen LogP contribution in [0.15, 0.2) is 18.5 Å². The van der Waals surface area contributed by atoms with E-state index in [0.717, 1.165) is 12.0 Å². The van der Waals surface area contributed by atoms with Gasteiger partial charge in [-0.15, -0.1) is 0 Å². The van der Waals surface area contributed by atoms with Gasteiger partial charge in [-0.3, -0.25) is 4.98 Å². The number of anilines is 1. The van der Waals surface area contributed by atoms with Gasteiger partial charge in [0.05, 0.1) is 11.9 Å². The van der Waals surface area contributed by atoms with E-state index in [4.69, 9.17) is 5.73 Å². The second kappa shape index (κ2) is 5.27. The van der Waals surface area contributed by atoms with E-state index >= 15 is 0 Å². The molecule has 3 rings (SSSR count). The Labute approximate surface area is 109 Å². The number of hydrogen-bond donors (Lipinski definition) is 1. The summed E-state index contributed by atoms with van der Waals surface area (Å²) in [5, 5.41) is 0. The molecule has 3 nitrogen and oxygen atoms in total. The first-order valence-corrected chi connectivity index (χ1v) is 7.29. The van der Waals surface area contributed by atoms with Crippen molar-refractivity contribution in [1.29, 1.82) is 0 Å².